The van der Waals surface area contributed by atoms with Crippen LogP contribution in [0.3, 0.4) is 0 Å². The van der Waals surface area contributed by atoms with Crippen molar-refractivity contribution in [3.63, 3.8) is 0 Å². The third-order valence-electron chi connectivity index (χ3n) is 3.52. The van der Waals surface area contributed by atoms with E-state index in [4.69, 9.17) is 21.8 Å². The Morgan fingerprint density at radius 3 is 2.76 bits per heavy atom. The molecule has 1 aromatic carbocycles. The highest BCUT2D eigenvalue weighted by atomic mass is 35.5. The predicted octanol–water partition coefficient (Wildman–Crippen LogP) is 3.60. The SMILES string of the molecule is NC1(c2nc3cc(Cl)ccc3o2)CCCCC1. The van der Waals surface area contributed by atoms with Crippen molar-refractivity contribution >= 4 is 22.7 Å². The normalized spacial score (nSPS) is 19.6. The van der Waals surface area contributed by atoms with Crippen molar-refractivity contribution in [2.45, 2.75) is 37.6 Å². The summed E-state index contributed by atoms with van der Waals surface area (Å²) in [6.07, 6.45) is 5.46. The van der Waals surface area contributed by atoms with Gasteiger partial charge in [-0.2, -0.15) is 0 Å². The number of hydrogen-bond acceptors (Lipinski definition) is 3. The Bertz CT molecular complexity index is 543. The zero-order valence-corrected chi connectivity index (χ0v) is 10.3. The van der Waals surface area contributed by atoms with Gasteiger partial charge < -0.3 is 10.2 Å². The maximum Gasteiger partial charge on any atom is 0.215 e. The van der Waals surface area contributed by atoms with Crippen molar-refractivity contribution in [2.75, 3.05) is 0 Å². The third kappa shape index (κ3) is 1.94. The molecule has 1 aliphatic carbocycles. The summed E-state index contributed by atoms with van der Waals surface area (Å²) in [7, 11) is 0. The highest BCUT2D eigenvalue weighted by Crippen LogP contribution is 2.35. The smallest absolute Gasteiger partial charge is 0.215 e. The van der Waals surface area contributed by atoms with Crippen LogP contribution in [0.5, 0.6) is 0 Å². The monoisotopic (exact) mass is 250 g/mol. The minimum atomic E-state index is -0.385. The molecule has 0 unspecified atom stereocenters. The van der Waals surface area contributed by atoms with Gasteiger partial charge in [0.05, 0.1) is 5.54 Å². The fourth-order valence-electron chi connectivity index (χ4n) is 2.51. The lowest BCUT2D eigenvalue weighted by atomic mass is 9.82. The molecule has 1 heterocycles. The molecule has 17 heavy (non-hydrogen) atoms. The van der Waals surface area contributed by atoms with Gasteiger partial charge in [-0.3, -0.25) is 0 Å². The van der Waals surface area contributed by atoms with Crippen LogP contribution in [0.25, 0.3) is 11.1 Å². The van der Waals surface area contributed by atoms with E-state index in [0.717, 1.165) is 36.8 Å². The van der Waals surface area contributed by atoms with Crippen LogP contribution < -0.4 is 5.73 Å². The third-order valence-corrected chi connectivity index (χ3v) is 3.76. The van der Waals surface area contributed by atoms with Crippen LogP contribution in [0.4, 0.5) is 0 Å². The minimum Gasteiger partial charge on any atom is -0.439 e. The molecular formula is C13H15ClN2O. The number of nitrogens with zero attached hydrogens (tertiary/aromatic N) is 1. The number of rotatable bonds is 1. The molecule has 2 N–H and O–H groups in total. The molecule has 0 bridgehead atoms. The molecule has 0 amide bonds. The second-order valence-corrected chi connectivity index (χ2v) is 5.28. The molecule has 2 aromatic rings. The standard InChI is InChI=1S/C13H15ClN2O/c14-9-4-5-11-10(8-9)16-12(17-11)13(15)6-2-1-3-7-13/h4-5,8H,1-3,6-7,15H2. The lowest BCUT2D eigenvalue weighted by Crippen LogP contribution is -2.38. The van der Waals surface area contributed by atoms with E-state index in [1.807, 2.05) is 18.2 Å². The molecule has 3 rings (SSSR count). The number of halogens is 1. The first-order valence-corrected chi connectivity index (χ1v) is 6.41. The summed E-state index contributed by atoms with van der Waals surface area (Å²) in [5.41, 5.74) is 7.57. The second-order valence-electron chi connectivity index (χ2n) is 4.85. The second kappa shape index (κ2) is 4.00. The molecule has 0 aliphatic heterocycles. The number of aromatic nitrogens is 1. The van der Waals surface area contributed by atoms with Gasteiger partial charge in [0.15, 0.2) is 5.58 Å². The molecule has 1 aliphatic rings. The van der Waals surface area contributed by atoms with E-state index >= 15 is 0 Å². The Kier molecular flexibility index (Phi) is 2.60. The molecule has 0 radical (unpaired) electrons. The summed E-state index contributed by atoms with van der Waals surface area (Å²) < 4.78 is 5.77. The summed E-state index contributed by atoms with van der Waals surface area (Å²) in [5.74, 6) is 0.662. The van der Waals surface area contributed by atoms with E-state index < -0.39 is 0 Å². The Labute approximate surface area is 105 Å². The summed E-state index contributed by atoms with van der Waals surface area (Å²) >= 11 is 5.94. The van der Waals surface area contributed by atoms with E-state index in [2.05, 4.69) is 4.98 Å². The summed E-state index contributed by atoms with van der Waals surface area (Å²) in [4.78, 5) is 4.49. The van der Waals surface area contributed by atoms with Crippen LogP contribution in [0, 0.1) is 0 Å². The van der Waals surface area contributed by atoms with Gasteiger partial charge in [-0.15, -0.1) is 0 Å². The molecule has 1 fully saturated rings. The number of benzene rings is 1. The van der Waals surface area contributed by atoms with Crippen LogP contribution in [0.2, 0.25) is 5.02 Å². The fraction of sp³-hybridized carbons (Fsp3) is 0.462. The van der Waals surface area contributed by atoms with E-state index in [9.17, 15) is 0 Å². The van der Waals surface area contributed by atoms with Crippen molar-refractivity contribution in [3.8, 4) is 0 Å². The van der Waals surface area contributed by atoms with E-state index in [1.165, 1.54) is 6.42 Å². The van der Waals surface area contributed by atoms with Crippen LogP contribution in [-0.2, 0) is 5.54 Å². The first-order valence-electron chi connectivity index (χ1n) is 6.03. The van der Waals surface area contributed by atoms with Crippen molar-refractivity contribution in [1.82, 2.24) is 4.98 Å². The van der Waals surface area contributed by atoms with Crippen molar-refractivity contribution in [2.24, 2.45) is 5.73 Å². The Hall–Kier alpha value is -1.06. The van der Waals surface area contributed by atoms with Gasteiger partial charge in [-0.1, -0.05) is 30.9 Å². The first-order chi connectivity index (χ1) is 8.17. The van der Waals surface area contributed by atoms with Crippen molar-refractivity contribution < 1.29 is 4.42 Å². The molecule has 0 saturated heterocycles. The Morgan fingerprint density at radius 1 is 1.24 bits per heavy atom. The number of oxazole rings is 1. The molecule has 90 valence electrons. The minimum absolute atomic E-state index is 0.385. The van der Waals surface area contributed by atoms with E-state index in [-0.39, 0.29) is 5.54 Å². The Balaban J connectivity index is 2.05. The van der Waals surface area contributed by atoms with E-state index in [1.54, 1.807) is 0 Å². The average Bonchev–Trinajstić information content (AvgIpc) is 2.73. The zero-order chi connectivity index (χ0) is 11.9. The Morgan fingerprint density at radius 2 is 2.00 bits per heavy atom. The highest BCUT2D eigenvalue weighted by molar-refractivity contribution is 6.31. The van der Waals surface area contributed by atoms with Crippen LogP contribution in [0.15, 0.2) is 22.6 Å². The van der Waals surface area contributed by atoms with Gasteiger partial charge >= 0.3 is 0 Å². The summed E-state index contributed by atoms with van der Waals surface area (Å²) in [6.45, 7) is 0. The van der Waals surface area contributed by atoms with Gasteiger partial charge in [0, 0.05) is 5.02 Å². The van der Waals surface area contributed by atoms with Crippen molar-refractivity contribution in [3.05, 3.63) is 29.1 Å². The molecule has 3 nitrogen and oxygen atoms in total. The lowest BCUT2D eigenvalue weighted by molar-refractivity contribution is 0.248. The molecule has 1 aromatic heterocycles. The number of nitrogens with two attached hydrogens (primary N) is 1. The van der Waals surface area contributed by atoms with Gasteiger partial charge in [0.25, 0.3) is 0 Å². The molecule has 0 spiro atoms. The first kappa shape index (κ1) is 11.1. The molecular weight excluding hydrogens is 236 g/mol. The lowest BCUT2D eigenvalue weighted by Gasteiger charge is -2.29. The average molecular weight is 251 g/mol. The fourth-order valence-corrected chi connectivity index (χ4v) is 2.68. The summed E-state index contributed by atoms with van der Waals surface area (Å²) in [6, 6.07) is 5.47. The number of fused-ring (bicyclic) bond motifs is 1. The molecule has 1 saturated carbocycles. The van der Waals surface area contributed by atoms with Gasteiger partial charge in [-0.25, -0.2) is 4.98 Å². The van der Waals surface area contributed by atoms with Gasteiger partial charge in [-0.05, 0) is 31.0 Å². The molecule has 4 heteroatoms. The van der Waals surface area contributed by atoms with E-state index in [0.29, 0.717) is 10.9 Å². The van der Waals surface area contributed by atoms with Crippen LogP contribution in [0.1, 0.15) is 38.0 Å². The molecule has 0 atom stereocenters. The maximum absolute atomic E-state index is 6.39. The quantitative estimate of drug-likeness (QED) is 0.841. The van der Waals surface area contributed by atoms with Gasteiger partial charge in [0.2, 0.25) is 5.89 Å². The predicted molar refractivity (Wildman–Crippen MR) is 68.0 cm³/mol. The van der Waals surface area contributed by atoms with Gasteiger partial charge in [0.1, 0.15) is 5.52 Å². The van der Waals surface area contributed by atoms with Crippen LogP contribution >= 0.6 is 11.6 Å². The van der Waals surface area contributed by atoms with Crippen LogP contribution in [-0.4, -0.2) is 4.98 Å². The topological polar surface area (TPSA) is 52.0 Å². The highest BCUT2D eigenvalue weighted by Gasteiger charge is 2.34. The van der Waals surface area contributed by atoms with Crippen molar-refractivity contribution in [1.29, 1.82) is 0 Å². The number of hydrogen-bond donors (Lipinski definition) is 1. The maximum atomic E-state index is 6.39. The summed E-state index contributed by atoms with van der Waals surface area (Å²) in [5, 5.41) is 0.673. The largest absolute Gasteiger partial charge is 0.439 e. The zero-order valence-electron chi connectivity index (χ0n) is 9.58.